The Morgan fingerprint density at radius 3 is 2.83 bits per heavy atom. The number of anilines is 1. The van der Waals surface area contributed by atoms with Crippen LogP contribution < -0.4 is 10.6 Å². The van der Waals surface area contributed by atoms with Crippen molar-refractivity contribution in [2.75, 3.05) is 11.4 Å². The Morgan fingerprint density at radius 2 is 2.06 bits per heavy atom. The molecule has 1 heterocycles. The van der Waals surface area contributed by atoms with Gasteiger partial charge in [-0.15, -0.1) is 0 Å². The molecule has 3 rings (SSSR count). The maximum Gasteiger partial charge on any atom is 0.231 e. The smallest absolute Gasteiger partial charge is 0.231 e. The van der Waals surface area contributed by atoms with Gasteiger partial charge in [0.25, 0.3) is 0 Å². The molecule has 2 N–H and O–H groups in total. The fourth-order valence-electron chi connectivity index (χ4n) is 3.26. The van der Waals surface area contributed by atoms with E-state index < -0.39 is 0 Å². The average Bonchev–Trinajstić information content (AvgIpc) is 2.83. The normalized spacial score (nSPS) is 27.1. The van der Waals surface area contributed by atoms with Gasteiger partial charge in [0.05, 0.1) is 5.92 Å². The molecule has 2 aliphatic rings. The van der Waals surface area contributed by atoms with Gasteiger partial charge < -0.3 is 10.6 Å². The Bertz CT molecular complexity index is 458. The Labute approximate surface area is 108 Å². The zero-order valence-electron chi connectivity index (χ0n) is 10.6. The highest BCUT2D eigenvalue weighted by atomic mass is 16.2. The summed E-state index contributed by atoms with van der Waals surface area (Å²) in [6, 6.07) is 8.31. The highest BCUT2D eigenvalue weighted by Gasteiger charge is 2.35. The quantitative estimate of drug-likeness (QED) is 0.822. The lowest BCUT2D eigenvalue weighted by atomic mass is 9.97. The molecule has 1 aromatic carbocycles. The molecule has 0 saturated heterocycles. The molecule has 2 atom stereocenters. The number of aryl methyl sites for hydroxylation is 1. The Morgan fingerprint density at radius 1 is 1.22 bits per heavy atom. The van der Waals surface area contributed by atoms with E-state index in [1.807, 2.05) is 17.0 Å². The molecule has 0 bridgehead atoms. The third kappa shape index (κ3) is 1.93. The van der Waals surface area contributed by atoms with E-state index in [4.69, 9.17) is 5.73 Å². The second-order valence-electron chi connectivity index (χ2n) is 5.42. The molecular formula is C15H20N2O. The number of amides is 1. The van der Waals surface area contributed by atoms with Gasteiger partial charge in [0.15, 0.2) is 0 Å². The number of benzene rings is 1. The van der Waals surface area contributed by atoms with Gasteiger partial charge in [0.2, 0.25) is 5.91 Å². The molecule has 1 aliphatic carbocycles. The summed E-state index contributed by atoms with van der Waals surface area (Å²) in [5.41, 5.74) is 8.46. The number of hydrogen-bond donors (Lipinski definition) is 1. The van der Waals surface area contributed by atoms with Crippen molar-refractivity contribution in [3.05, 3.63) is 29.8 Å². The van der Waals surface area contributed by atoms with Crippen molar-refractivity contribution >= 4 is 11.6 Å². The van der Waals surface area contributed by atoms with Crippen molar-refractivity contribution in [3.63, 3.8) is 0 Å². The predicted octanol–water partition coefficient (Wildman–Crippen LogP) is 2.09. The number of rotatable bonds is 1. The van der Waals surface area contributed by atoms with E-state index in [0.29, 0.717) is 0 Å². The molecule has 3 heteroatoms. The first-order valence-corrected chi connectivity index (χ1v) is 6.92. The van der Waals surface area contributed by atoms with E-state index in [2.05, 4.69) is 12.1 Å². The van der Waals surface area contributed by atoms with Gasteiger partial charge in [-0.2, -0.15) is 0 Å². The summed E-state index contributed by atoms with van der Waals surface area (Å²) in [5.74, 6) is 0.281. The summed E-state index contributed by atoms with van der Waals surface area (Å²) in [6.45, 7) is 0.846. The van der Waals surface area contributed by atoms with Crippen LogP contribution in [0.2, 0.25) is 0 Å². The zero-order valence-corrected chi connectivity index (χ0v) is 10.6. The van der Waals surface area contributed by atoms with Crippen LogP contribution in [-0.2, 0) is 11.2 Å². The third-order valence-corrected chi connectivity index (χ3v) is 4.26. The molecule has 1 fully saturated rings. The number of carbonyl (C=O) groups excluding carboxylic acids is 1. The van der Waals surface area contributed by atoms with E-state index in [9.17, 15) is 4.79 Å². The topological polar surface area (TPSA) is 46.3 Å². The van der Waals surface area contributed by atoms with Crippen molar-refractivity contribution in [1.82, 2.24) is 0 Å². The number of hydrogen-bond acceptors (Lipinski definition) is 2. The lowest BCUT2D eigenvalue weighted by molar-refractivity contribution is -0.122. The summed E-state index contributed by atoms with van der Waals surface area (Å²) >= 11 is 0. The number of nitrogens with zero attached hydrogens (tertiary/aromatic N) is 1. The van der Waals surface area contributed by atoms with Crippen LogP contribution in [0.3, 0.4) is 0 Å². The van der Waals surface area contributed by atoms with Crippen LogP contribution in [-0.4, -0.2) is 18.5 Å². The van der Waals surface area contributed by atoms with Crippen molar-refractivity contribution in [1.29, 1.82) is 0 Å². The van der Waals surface area contributed by atoms with E-state index in [1.54, 1.807) is 0 Å². The second kappa shape index (κ2) is 4.73. The van der Waals surface area contributed by atoms with E-state index in [1.165, 1.54) is 5.56 Å². The van der Waals surface area contributed by atoms with Gasteiger partial charge in [-0.05, 0) is 37.3 Å². The van der Waals surface area contributed by atoms with E-state index in [0.717, 1.165) is 44.3 Å². The summed E-state index contributed by atoms with van der Waals surface area (Å²) in [7, 11) is 0. The first-order chi connectivity index (χ1) is 8.77. The largest absolute Gasteiger partial charge is 0.327 e. The van der Waals surface area contributed by atoms with Crippen LogP contribution in [0.5, 0.6) is 0 Å². The van der Waals surface area contributed by atoms with Crippen molar-refractivity contribution < 1.29 is 4.79 Å². The minimum Gasteiger partial charge on any atom is -0.327 e. The maximum absolute atomic E-state index is 12.6. The van der Waals surface area contributed by atoms with E-state index in [-0.39, 0.29) is 17.9 Å². The molecule has 3 nitrogen and oxygen atoms in total. The average molecular weight is 244 g/mol. The molecule has 0 aromatic heterocycles. The summed E-state index contributed by atoms with van der Waals surface area (Å²) in [6.07, 6.45) is 5.18. The van der Waals surface area contributed by atoms with Crippen LogP contribution in [0, 0.1) is 5.92 Å². The molecule has 96 valence electrons. The van der Waals surface area contributed by atoms with E-state index >= 15 is 0 Å². The minimum absolute atomic E-state index is 0.0381. The van der Waals surface area contributed by atoms with Crippen LogP contribution in [0.25, 0.3) is 0 Å². The second-order valence-corrected chi connectivity index (χ2v) is 5.42. The first-order valence-electron chi connectivity index (χ1n) is 6.92. The highest BCUT2D eigenvalue weighted by Crippen LogP contribution is 2.32. The highest BCUT2D eigenvalue weighted by molar-refractivity contribution is 5.96. The third-order valence-electron chi connectivity index (χ3n) is 4.26. The summed E-state index contributed by atoms with van der Waals surface area (Å²) in [5, 5.41) is 0. The van der Waals surface area contributed by atoms with Crippen molar-refractivity contribution in [2.24, 2.45) is 11.7 Å². The van der Waals surface area contributed by atoms with Crippen LogP contribution in [0.15, 0.2) is 24.3 Å². The monoisotopic (exact) mass is 244 g/mol. The zero-order chi connectivity index (χ0) is 12.5. The van der Waals surface area contributed by atoms with Gasteiger partial charge >= 0.3 is 0 Å². The lowest BCUT2D eigenvalue weighted by Crippen LogP contribution is -2.44. The molecule has 1 aliphatic heterocycles. The molecule has 2 unspecified atom stereocenters. The van der Waals surface area contributed by atoms with Crippen LogP contribution in [0.4, 0.5) is 5.69 Å². The number of carbonyl (C=O) groups is 1. The number of nitrogens with two attached hydrogens (primary N) is 1. The Balaban J connectivity index is 1.87. The van der Waals surface area contributed by atoms with Gasteiger partial charge in [-0.3, -0.25) is 4.79 Å². The van der Waals surface area contributed by atoms with Gasteiger partial charge in [0, 0.05) is 18.3 Å². The van der Waals surface area contributed by atoms with Crippen LogP contribution in [0.1, 0.15) is 31.2 Å². The Kier molecular flexibility index (Phi) is 3.08. The molecule has 1 saturated carbocycles. The van der Waals surface area contributed by atoms with Gasteiger partial charge in [0.1, 0.15) is 0 Å². The Hall–Kier alpha value is -1.35. The summed E-state index contributed by atoms with van der Waals surface area (Å²) < 4.78 is 0. The fraction of sp³-hybridized carbons (Fsp3) is 0.533. The molecule has 0 radical (unpaired) electrons. The molecule has 18 heavy (non-hydrogen) atoms. The lowest BCUT2D eigenvalue weighted by Gasteiger charge is -2.32. The predicted molar refractivity (Wildman–Crippen MR) is 72.4 cm³/mol. The van der Waals surface area contributed by atoms with Crippen molar-refractivity contribution in [3.8, 4) is 0 Å². The fourth-order valence-corrected chi connectivity index (χ4v) is 3.26. The van der Waals surface area contributed by atoms with Crippen molar-refractivity contribution in [2.45, 2.75) is 38.1 Å². The minimum atomic E-state index is 0.0381. The molecular weight excluding hydrogens is 224 g/mol. The standard InChI is InChI=1S/C15H20N2O/c16-13-8-3-7-12(13)15(18)17-10-4-6-11-5-1-2-9-14(11)17/h1-2,5,9,12-13H,3-4,6-8,10,16H2. The molecule has 0 spiro atoms. The maximum atomic E-state index is 12.6. The molecule has 1 amide bonds. The van der Waals surface area contributed by atoms with Crippen LogP contribution >= 0.6 is 0 Å². The van der Waals surface area contributed by atoms with Gasteiger partial charge in [-0.25, -0.2) is 0 Å². The first kappa shape index (κ1) is 11.7. The molecule has 1 aromatic rings. The SMILES string of the molecule is NC1CCCC1C(=O)N1CCCc2ccccc21. The van der Waals surface area contributed by atoms with Gasteiger partial charge in [-0.1, -0.05) is 24.6 Å². The number of fused-ring (bicyclic) bond motifs is 1. The summed E-state index contributed by atoms with van der Waals surface area (Å²) in [4.78, 5) is 14.6. The number of para-hydroxylation sites is 1.